The lowest BCUT2D eigenvalue weighted by atomic mass is 9.79. The van der Waals surface area contributed by atoms with E-state index in [1.54, 1.807) is 0 Å². The van der Waals surface area contributed by atoms with Crippen LogP contribution in [-0.2, 0) is 34.8 Å². The number of ether oxygens (including phenoxy) is 3. The van der Waals surface area contributed by atoms with Crippen LogP contribution in [0.5, 0.6) is 0 Å². The Morgan fingerprint density at radius 1 is 1.18 bits per heavy atom. The summed E-state index contributed by atoms with van der Waals surface area (Å²) in [5.41, 5.74) is -1.60. The summed E-state index contributed by atoms with van der Waals surface area (Å²) >= 11 is 6.13. The fraction of sp³-hybridized carbons (Fsp3) is 0.381. The van der Waals surface area contributed by atoms with Crippen molar-refractivity contribution in [2.24, 2.45) is 0 Å². The van der Waals surface area contributed by atoms with Gasteiger partial charge in [0, 0.05) is 5.70 Å². The smallest absolute Gasteiger partial charge is 0.417 e. The van der Waals surface area contributed by atoms with Crippen LogP contribution < -0.4 is 5.32 Å². The molecular formula is C21H21ClF3NO7. The number of hydrogen-bond donors (Lipinski definition) is 2. The maximum atomic E-state index is 13.5. The molecule has 0 saturated heterocycles. The molecule has 1 aliphatic heterocycles. The highest BCUT2D eigenvalue weighted by Crippen LogP contribution is 2.45. The predicted molar refractivity (Wildman–Crippen MR) is 109 cm³/mol. The van der Waals surface area contributed by atoms with E-state index in [4.69, 9.17) is 30.9 Å². The monoisotopic (exact) mass is 491 g/mol. The van der Waals surface area contributed by atoms with Gasteiger partial charge in [-0.15, -0.1) is 0 Å². The van der Waals surface area contributed by atoms with Crippen LogP contribution in [0.3, 0.4) is 0 Å². The number of aliphatic carboxylic acids is 1. The molecule has 1 aromatic rings. The van der Waals surface area contributed by atoms with Crippen LogP contribution in [-0.4, -0.2) is 49.9 Å². The van der Waals surface area contributed by atoms with Crippen molar-refractivity contribution in [2.45, 2.75) is 25.9 Å². The number of benzene rings is 1. The first-order chi connectivity index (χ1) is 15.4. The molecule has 0 aromatic heterocycles. The molecule has 1 atom stereocenters. The average molecular weight is 492 g/mol. The van der Waals surface area contributed by atoms with Crippen molar-refractivity contribution >= 4 is 29.5 Å². The van der Waals surface area contributed by atoms with Crippen molar-refractivity contribution in [1.29, 1.82) is 0 Å². The number of allylic oxidation sites excluding steroid dienone is 1. The van der Waals surface area contributed by atoms with E-state index in [1.165, 1.54) is 19.9 Å². The van der Waals surface area contributed by atoms with Crippen molar-refractivity contribution in [3.05, 3.63) is 56.9 Å². The number of carboxylic acid groups (broad SMARTS) is 1. The quantitative estimate of drug-likeness (QED) is 0.532. The molecule has 0 saturated carbocycles. The number of halogens is 4. The van der Waals surface area contributed by atoms with Crippen LogP contribution in [0.1, 0.15) is 30.9 Å². The average Bonchev–Trinajstić information content (AvgIpc) is 2.72. The lowest BCUT2D eigenvalue weighted by Crippen LogP contribution is -2.35. The third-order valence-electron chi connectivity index (χ3n) is 4.66. The normalized spacial score (nSPS) is 16.4. The van der Waals surface area contributed by atoms with Crippen molar-refractivity contribution in [2.75, 3.05) is 26.9 Å². The Balaban J connectivity index is 2.80. The molecule has 180 valence electrons. The maximum Gasteiger partial charge on any atom is 0.417 e. The number of carbonyl (C=O) groups is 3. The first-order valence-electron chi connectivity index (χ1n) is 9.55. The lowest BCUT2D eigenvalue weighted by Gasteiger charge is -2.32. The van der Waals surface area contributed by atoms with Crippen LogP contribution in [0.25, 0.3) is 0 Å². The van der Waals surface area contributed by atoms with Crippen LogP contribution >= 0.6 is 11.6 Å². The van der Waals surface area contributed by atoms with Crippen molar-refractivity contribution < 1.29 is 46.9 Å². The minimum Gasteiger partial charge on any atom is -0.480 e. The van der Waals surface area contributed by atoms with Gasteiger partial charge >= 0.3 is 24.1 Å². The first-order valence-corrected chi connectivity index (χ1v) is 9.93. The summed E-state index contributed by atoms with van der Waals surface area (Å²) in [5.74, 6) is -4.54. The van der Waals surface area contributed by atoms with Gasteiger partial charge in [-0.3, -0.25) is 0 Å². The minimum absolute atomic E-state index is 0.0123. The summed E-state index contributed by atoms with van der Waals surface area (Å²) in [6.45, 7) is 1.75. The molecule has 1 aromatic carbocycles. The Bertz CT molecular complexity index is 1020. The van der Waals surface area contributed by atoms with Gasteiger partial charge in [-0.05, 0) is 25.5 Å². The van der Waals surface area contributed by atoms with Gasteiger partial charge in [-0.1, -0.05) is 23.7 Å². The summed E-state index contributed by atoms with van der Waals surface area (Å²) < 4.78 is 55.5. The standard InChI is InChI=1S/C21H21ClF3NO7/c1-4-33-20(30)17-13(8-32-9-14(27)28)26-10(2)15(19(29)31-3)16(17)11-6-5-7-12(18(11)22)21(23,24)25/h5-7,16,26H,4,8-9H2,1-3H3,(H,27,28). The summed E-state index contributed by atoms with van der Waals surface area (Å²) in [5, 5.41) is 10.9. The number of alkyl halides is 3. The van der Waals surface area contributed by atoms with E-state index < -0.39 is 53.8 Å². The third kappa shape index (κ3) is 5.85. The second-order valence-electron chi connectivity index (χ2n) is 6.79. The van der Waals surface area contributed by atoms with Gasteiger partial charge in [0.2, 0.25) is 0 Å². The lowest BCUT2D eigenvalue weighted by molar-refractivity contribution is -0.142. The van der Waals surface area contributed by atoms with E-state index >= 15 is 0 Å². The summed E-state index contributed by atoms with van der Waals surface area (Å²) in [6.07, 6.45) is -4.80. The Kier molecular flexibility index (Phi) is 8.51. The van der Waals surface area contributed by atoms with Gasteiger partial charge < -0.3 is 24.6 Å². The zero-order valence-electron chi connectivity index (χ0n) is 17.8. The molecule has 2 N–H and O–H groups in total. The number of carbonyl (C=O) groups excluding carboxylic acids is 2. The Morgan fingerprint density at radius 2 is 1.85 bits per heavy atom. The number of rotatable bonds is 8. The summed E-state index contributed by atoms with van der Waals surface area (Å²) in [7, 11) is 1.08. The topological polar surface area (TPSA) is 111 Å². The van der Waals surface area contributed by atoms with Crippen molar-refractivity contribution in [1.82, 2.24) is 5.32 Å². The molecule has 33 heavy (non-hydrogen) atoms. The molecule has 1 aliphatic rings. The molecule has 0 amide bonds. The largest absolute Gasteiger partial charge is 0.480 e. The third-order valence-corrected chi connectivity index (χ3v) is 5.08. The fourth-order valence-electron chi connectivity index (χ4n) is 3.38. The van der Waals surface area contributed by atoms with Gasteiger partial charge in [0.05, 0.1) is 53.7 Å². The van der Waals surface area contributed by atoms with E-state index in [1.807, 2.05) is 0 Å². The first kappa shape index (κ1) is 26.2. The predicted octanol–water partition coefficient (Wildman–Crippen LogP) is 3.41. The molecule has 12 heteroatoms. The number of esters is 2. The molecule has 0 fully saturated rings. The van der Waals surface area contributed by atoms with Crippen molar-refractivity contribution in [3.63, 3.8) is 0 Å². The van der Waals surface area contributed by atoms with E-state index in [9.17, 15) is 27.6 Å². The minimum atomic E-state index is -4.80. The zero-order valence-corrected chi connectivity index (χ0v) is 18.6. The second-order valence-corrected chi connectivity index (χ2v) is 7.17. The van der Waals surface area contributed by atoms with Gasteiger partial charge in [0.25, 0.3) is 0 Å². The van der Waals surface area contributed by atoms with E-state index in [2.05, 4.69) is 5.32 Å². The zero-order chi connectivity index (χ0) is 24.9. The van der Waals surface area contributed by atoms with Gasteiger partial charge in [0.15, 0.2) is 0 Å². The molecule has 1 unspecified atom stereocenters. The molecular weight excluding hydrogens is 471 g/mol. The number of hydrogen-bond acceptors (Lipinski definition) is 7. The van der Waals surface area contributed by atoms with Crippen LogP contribution in [0.2, 0.25) is 5.02 Å². The van der Waals surface area contributed by atoms with E-state index in [0.29, 0.717) is 0 Å². The van der Waals surface area contributed by atoms with Crippen LogP contribution in [0.15, 0.2) is 40.7 Å². The van der Waals surface area contributed by atoms with Crippen LogP contribution in [0.4, 0.5) is 13.2 Å². The molecule has 0 radical (unpaired) electrons. The van der Waals surface area contributed by atoms with Crippen LogP contribution in [0, 0.1) is 0 Å². The highest BCUT2D eigenvalue weighted by Gasteiger charge is 2.42. The molecule has 0 aliphatic carbocycles. The Labute approximate surface area is 191 Å². The maximum absolute atomic E-state index is 13.5. The number of dihydropyridines is 1. The summed E-state index contributed by atoms with van der Waals surface area (Å²) in [4.78, 5) is 36.4. The molecule has 0 bridgehead atoms. The highest BCUT2D eigenvalue weighted by molar-refractivity contribution is 6.32. The van der Waals surface area contributed by atoms with E-state index in [-0.39, 0.29) is 34.7 Å². The summed E-state index contributed by atoms with van der Waals surface area (Å²) in [6, 6.07) is 3.12. The second kappa shape index (κ2) is 10.7. The molecule has 0 spiro atoms. The molecule has 2 rings (SSSR count). The van der Waals surface area contributed by atoms with Gasteiger partial charge in [0.1, 0.15) is 6.61 Å². The van der Waals surface area contributed by atoms with Gasteiger partial charge in [-0.25, -0.2) is 14.4 Å². The number of methoxy groups -OCH3 is 1. The molecule has 1 heterocycles. The van der Waals surface area contributed by atoms with Gasteiger partial charge in [-0.2, -0.15) is 13.2 Å². The SMILES string of the molecule is CCOC(=O)C1=C(COCC(=O)O)NC(C)=C(C(=O)OC)C1c1cccc(C(F)(F)F)c1Cl. The molecule has 8 nitrogen and oxygen atoms in total. The fourth-order valence-corrected chi connectivity index (χ4v) is 3.73. The van der Waals surface area contributed by atoms with Crippen molar-refractivity contribution in [3.8, 4) is 0 Å². The Morgan fingerprint density at radius 3 is 2.39 bits per heavy atom. The highest BCUT2D eigenvalue weighted by atomic mass is 35.5. The van der Waals surface area contributed by atoms with E-state index in [0.717, 1.165) is 19.2 Å². The number of nitrogens with one attached hydrogen (secondary N) is 1. The number of carboxylic acids is 1. The Hall–Kier alpha value is -3.05.